The maximum absolute atomic E-state index is 3.29. The Morgan fingerprint density at radius 3 is 0.634 bits per heavy atom. The molecule has 6 rings (SSSR count). The van der Waals surface area contributed by atoms with Gasteiger partial charge < -0.3 is 0 Å². The van der Waals surface area contributed by atoms with Crippen LogP contribution in [0, 0.1) is 0 Å². The first kappa shape index (κ1) is 32.3. The summed E-state index contributed by atoms with van der Waals surface area (Å²) in [6, 6.07) is 0. The predicted octanol–water partition coefficient (Wildman–Crippen LogP) is 12.8. The summed E-state index contributed by atoms with van der Waals surface area (Å²) < 4.78 is 3.29. The second-order valence-electron chi connectivity index (χ2n) is 16.0. The molecule has 0 amide bonds. The molecule has 0 atom stereocenters. The van der Waals surface area contributed by atoms with Crippen molar-refractivity contribution in [2.24, 2.45) is 0 Å². The van der Waals surface area contributed by atoms with Crippen molar-refractivity contribution in [2.45, 2.75) is 234 Å². The fraction of sp³-hybridized carbons (Fsp3) is 0.974. The van der Waals surface area contributed by atoms with Crippen LogP contribution in [0.5, 0.6) is 0 Å². The zero-order valence-corrected chi connectivity index (χ0v) is 31.1. The Balaban J connectivity index is 1.58. The Kier molecular flexibility index (Phi) is 12.5. The Morgan fingerprint density at radius 1 is 0.317 bits per heavy atom. The number of hydrogen-bond acceptors (Lipinski definition) is 0. The van der Waals surface area contributed by atoms with Gasteiger partial charge in [0, 0.05) is 0 Å². The van der Waals surface area contributed by atoms with E-state index in [1.165, 1.54) is 34.0 Å². The third kappa shape index (κ3) is 6.50. The summed E-state index contributed by atoms with van der Waals surface area (Å²) in [7, 11) is 0. The van der Waals surface area contributed by atoms with E-state index in [2.05, 4.69) is 11.4 Å². The van der Waals surface area contributed by atoms with Gasteiger partial charge in [0.1, 0.15) is 0 Å². The summed E-state index contributed by atoms with van der Waals surface area (Å²) in [5.74, 6) is 0. The standard InChI is InChI=1S/2C18H33P.C2H4.Pd/c2*1-4-10-16(11-5-1)19(17-12-6-2-7-13-17)18-14-8-3-9-15-18;1-2;/h2*16-18H,1-15H2;1H,2H3;/q;;;-2/p+2. The Hall–Kier alpha value is 1.39. The van der Waals surface area contributed by atoms with Crippen LogP contribution < -0.4 is 0 Å². The van der Waals surface area contributed by atoms with Gasteiger partial charge in [0.05, 0.1) is 0 Å². The van der Waals surface area contributed by atoms with Gasteiger partial charge in [0.15, 0.2) is 0 Å². The van der Waals surface area contributed by atoms with E-state index in [0.29, 0.717) is 0 Å². The Bertz CT molecular complexity index is 645. The van der Waals surface area contributed by atoms with E-state index in [1.807, 2.05) is 0 Å². The average Bonchev–Trinajstić information content (AvgIpc) is 3.07. The van der Waals surface area contributed by atoms with Gasteiger partial charge >= 0.3 is 264 Å². The molecule has 244 valence electrons. The summed E-state index contributed by atoms with van der Waals surface area (Å²) in [5, 5.41) is 0. The fourth-order valence-corrected chi connectivity index (χ4v) is 77.6. The van der Waals surface area contributed by atoms with Gasteiger partial charge in [0.2, 0.25) is 0 Å². The van der Waals surface area contributed by atoms with Crippen molar-refractivity contribution >= 4 is 15.4 Å². The zero-order valence-electron chi connectivity index (χ0n) is 27.6. The van der Waals surface area contributed by atoms with E-state index in [9.17, 15) is 0 Å². The van der Waals surface area contributed by atoms with Gasteiger partial charge in [-0.15, -0.1) is 0 Å². The molecule has 6 saturated carbocycles. The molecule has 0 aromatic rings. The monoisotopic (exact) mass is 696 g/mol. The van der Waals surface area contributed by atoms with Crippen LogP contribution in [0.1, 0.15) is 200 Å². The van der Waals surface area contributed by atoms with Crippen molar-refractivity contribution in [3.05, 3.63) is 0 Å². The zero-order chi connectivity index (χ0) is 28.0. The molecule has 0 aromatic carbocycles. The van der Waals surface area contributed by atoms with Crippen molar-refractivity contribution in [1.29, 1.82) is 0 Å². The molecule has 0 nitrogen and oxygen atoms in total. The van der Waals surface area contributed by atoms with Gasteiger partial charge in [-0.1, -0.05) is 0 Å². The molecule has 0 spiro atoms. The van der Waals surface area contributed by atoms with Crippen molar-refractivity contribution in [2.75, 3.05) is 0 Å². The molecular weight excluding hydrogens is 625 g/mol. The SMILES string of the molecule is C[CH]=[Pd]([PH](C1CCCCC1)(C1CCCCC1)C1CCCCC1)[PH](C1CCCCC1)(C1CCCCC1)C1CCCCC1. The van der Waals surface area contributed by atoms with Crippen LogP contribution in [0.2, 0.25) is 0 Å². The third-order valence-corrected chi connectivity index (χ3v) is 58.8. The quantitative estimate of drug-likeness (QED) is 0.175. The number of hydrogen-bond donors (Lipinski definition) is 0. The van der Waals surface area contributed by atoms with Gasteiger partial charge in [-0.3, -0.25) is 0 Å². The molecule has 0 unspecified atom stereocenters. The van der Waals surface area contributed by atoms with Crippen LogP contribution >= 0.6 is 10.9 Å². The molecule has 0 saturated heterocycles. The van der Waals surface area contributed by atoms with Gasteiger partial charge in [0.25, 0.3) is 0 Å². The van der Waals surface area contributed by atoms with E-state index in [0.717, 1.165) is 0 Å². The first-order valence-electron chi connectivity index (χ1n) is 19.7. The average molecular weight is 697 g/mol. The molecule has 6 aliphatic carbocycles. The van der Waals surface area contributed by atoms with Crippen LogP contribution in [0.3, 0.4) is 0 Å². The maximum atomic E-state index is 3.29. The van der Waals surface area contributed by atoms with Gasteiger partial charge in [-0.05, 0) is 0 Å². The minimum absolute atomic E-state index is 0.652. The first-order valence-corrected chi connectivity index (χ1v) is 29.4. The molecule has 0 heterocycles. The second-order valence-corrected chi connectivity index (χ2v) is 40.2. The van der Waals surface area contributed by atoms with Crippen LogP contribution in [0.15, 0.2) is 0 Å². The summed E-state index contributed by atoms with van der Waals surface area (Å²) in [5.41, 5.74) is 4.54. The Labute approximate surface area is 263 Å². The molecule has 6 aliphatic rings. The van der Waals surface area contributed by atoms with Crippen molar-refractivity contribution in [1.82, 2.24) is 0 Å². The molecule has 0 radical (unpaired) electrons. The molecule has 0 aliphatic heterocycles. The minimum atomic E-state index is -1.49. The van der Waals surface area contributed by atoms with Crippen LogP contribution in [0.4, 0.5) is 0 Å². The van der Waals surface area contributed by atoms with E-state index in [-0.39, 0.29) is 0 Å². The molecule has 0 N–H and O–H groups in total. The van der Waals surface area contributed by atoms with Crippen LogP contribution in [0.25, 0.3) is 0 Å². The number of rotatable bonds is 8. The predicted molar refractivity (Wildman–Crippen MR) is 190 cm³/mol. The molecule has 3 heteroatoms. The molecule has 41 heavy (non-hydrogen) atoms. The fourth-order valence-electron chi connectivity index (χ4n) is 12.6. The third-order valence-electron chi connectivity index (χ3n) is 14.0. The van der Waals surface area contributed by atoms with Crippen LogP contribution in [-0.4, -0.2) is 38.4 Å². The molecule has 6 fully saturated rings. The van der Waals surface area contributed by atoms with Gasteiger partial charge in [-0.2, -0.15) is 0 Å². The summed E-state index contributed by atoms with van der Waals surface area (Å²) in [6.45, 7) is 2.79. The van der Waals surface area contributed by atoms with E-state index in [4.69, 9.17) is 0 Å². The first-order chi connectivity index (χ1) is 20.3. The summed E-state index contributed by atoms with van der Waals surface area (Å²) in [4.78, 5) is 0. The second kappa shape index (κ2) is 15.8. The molecule has 0 bridgehead atoms. The van der Waals surface area contributed by atoms with Crippen molar-refractivity contribution in [3.8, 4) is 0 Å². The Morgan fingerprint density at radius 2 is 0.488 bits per heavy atom. The van der Waals surface area contributed by atoms with Crippen molar-refractivity contribution < 1.29 is 15.3 Å². The normalized spacial score (nSPS) is 29.7. The topological polar surface area (TPSA) is 0 Å². The molecular formula is C38H72P2Pd. The van der Waals surface area contributed by atoms with E-state index < -0.39 is 26.2 Å². The van der Waals surface area contributed by atoms with Crippen LogP contribution in [-0.2, 0) is 15.3 Å². The van der Waals surface area contributed by atoms with Gasteiger partial charge in [-0.25, -0.2) is 0 Å². The van der Waals surface area contributed by atoms with E-state index >= 15 is 0 Å². The van der Waals surface area contributed by atoms with Crippen molar-refractivity contribution in [3.63, 3.8) is 0 Å². The summed E-state index contributed by atoms with van der Waals surface area (Å²) in [6.07, 6.45) is 49.3. The molecule has 0 aromatic heterocycles. The summed E-state index contributed by atoms with van der Waals surface area (Å²) >= 11 is -0.652. The van der Waals surface area contributed by atoms with E-state index in [1.54, 1.807) is 193 Å².